The van der Waals surface area contributed by atoms with E-state index in [2.05, 4.69) is 31.7 Å². The van der Waals surface area contributed by atoms with Gasteiger partial charge in [-0.3, -0.25) is 4.79 Å². The Balaban J connectivity index is 1.50. The normalized spacial score (nSPS) is 11.6. The Morgan fingerprint density at radius 1 is 0.976 bits per heavy atom. The molecule has 2 aromatic heterocycles. The number of aromatic hydroxyl groups is 1. The summed E-state index contributed by atoms with van der Waals surface area (Å²) in [7, 11) is 0. The first-order chi connectivity index (χ1) is 19.6. The standard InChI is InChI=1S/C31H33N7O3/c1-4-5-26-33-28(31(2,3)41)27(29(32)40)38(26)18-20-6-11-22(12-7-20)25-17-21(16-19-8-13-23(39)14-9-19)10-15-24(25)30-34-36-37-35-30/h6-15,17,39,41H,4-5,16,18H2,1-3H3,(H2,32,40)(H,34,35,36,37). The third-order valence-corrected chi connectivity index (χ3v) is 6.95. The van der Waals surface area contributed by atoms with Crippen LogP contribution in [0.4, 0.5) is 0 Å². The molecule has 0 atom stereocenters. The number of amides is 1. The second-order valence-corrected chi connectivity index (χ2v) is 10.6. The second kappa shape index (κ2) is 11.3. The van der Waals surface area contributed by atoms with Gasteiger partial charge in [0.15, 0.2) is 0 Å². The molecule has 0 bridgehead atoms. The predicted octanol–water partition coefficient (Wildman–Crippen LogP) is 4.35. The summed E-state index contributed by atoms with van der Waals surface area (Å²) in [6.45, 7) is 5.63. The smallest absolute Gasteiger partial charge is 0.267 e. The number of aliphatic hydroxyl groups is 1. The number of aryl methyl sites for hydroxylation is 1. The number of nitrogens with zero attached hydrogens (tertiary/aromatic N) is 5. The molecule has 0 saturated heterocycles. The van der Waals surface area contributed by atoms with Crippen molar-refractivity contribution in [3.63, 3.8) is 0 Å². The number of primary amides is 1. The quantitative estimate of drug-likeness (QED) is 0.201. The highest BCUT2D eigenvalue weighted by molar-refractivity contribution is 5.92. The van der Waals surface area contributed by atoms with E-state index in [9.17, 15) is 15.0 Å². The minimum absolute atomic E-state index is 0.228. The van der Waals surface area contributed by atoms with Crippen LogP contribution >= 0.6 is 0 Å². The third-order valence-electron chi connectivity index (χ3n) is 6.95. The zero-order valence-electron chi connectivity index (χ0n) is 23.3. The van der Waals surface area contributed by atoms with Crippen LogP contribution < -0.4 is 5.73 Å². The first kappa shape index (κ1) is 27.7. The molecule has 5 aromatic rings. The molecule has 0 unspecified atom stereocenters. The Bertz CT molecular complexity index is 1650. The summed E-state index contributed by atoms with van der Waals surface area (Å²) in [6, 6.07) is 21.4. The van der Waals surface area contributed by atoms with E-state index < -0.39 is 11.5 Å². The molecule has 0 radical (unpaired) electrons. The number of phenolic OH excluding ortho intramolecular Hbond substituents is 1. The van der Waals surface area contributed by atoms with Crippen molar-refractivity contribution >= 4 is 5.91 Å². The van der Waals surface area contributed by atoms with Crippen LogP contribution in [0.15, 0.2) is 66.7 Å². The van der Waals surface area contributed by atoms with Gasteiger partial charge in [-0.2, -0.15) is 5.21 Å². The Labute approximate surface area is 237 Å². The molecule has 41 heavy (non-hydrogen) atoms. The summed E-state index contributed by atoms with van der Waals surface area (Å²) in [4.78, 5) is 17.1. The van der Waals surface area contributed by atoms with Crippen LogP contribution in [0.2, 0.25) is 0 Å². The van der Waals surface area contributed by atoms with Gasteiger partial charge >= 0.3 is 0 Å². The van der Waals surface area contributed by atoms with Crippen LogP contribution in [0.3, 0.4) is 0 Å². The van der Waals surface area contributed by atoms with Crippen molar-refractivity contribution in [3.05, 3.63) is 101 Å². The SMILES string of the molecule is CCCc1nc(C(C)(C)O)c(C(N)=O)n1Cc1ccc(-c2cc(Cc3ccc(O)cc3)ccc2-c2nn[nH]n2)cc1. The molecule has 10 nitrogen and oxygen atoms in total. The first-order valence-corrected chi connectivity index (χ1v) is 13.5. The number of carbonyl (C=O) groups is 1. The van der Waals surface area contributed by atoms with Crippen molar-refractivity contribution in [2.75, 3.05) is 0 Å². The lowest BCUT2D eigenvalue weighted by atomic mass is 9.94. The van der Waals surface area contributed by atoms with Gasteiger partial charge in [0.2, 0.25) is 5.82 Å². The maximum atomic E-state index is 12.5. The fourth-order valence-corrected chi connectivity index (χ4v) is 4.99. The van der Waals surface area contributed by atoms with Gasteiger partial charge in [0.05, 0.1) is 0 Å². The lowest BCUT2D eigenvalue weighted by molar-refractivity contribution is 0.0711. The number of tetrazole rings is 1. The molecule has 3 aromatic carbocycles. The van der Waals surface area contributed by atoms with E-state index in [1.165, 1.54) is 0 Å². The monoisotopic (exact) mass is 551 g/mol. The van der Waals surface area contributed by atoms with Gasteiger partial charge in [0, 0.05) is 18.5 Å². The fraction of sp³-hybridized carbons (Fsp3) is 0.258. The number of H-pyrrole nitrogens is 1. The highest BCUT2D eigenvalue weighted by Crippen LogP contribution is 2.32. The molecular formula is C31H33N7O3. The van der Waals surface area contributed by atoms with Gasteiger partial charge < -0.3 is 20.5 Å². The summed E-state index contributed by atoms with van der Waals surface area (Å²) in [5.41, 5.74) is 10.9. The van der Waals surface area contributed by atoms with Crippen LogP contribution in [-0.4, -0.2) is 46.3 Å². The Kier molecular flexibility index (Phi) is 7.67. The number of carbonyl (C=O) groups excluding carboxylic acids is 1. The van der Waals surface area contributed by atoms with Gasteiger partial charge in [-0.15, -0.1) is 10.2 Å². The number of imidazole rings is 1. The Hall–Kier alpha value is -4.83. The summed E-state index contributed by atoms with van der Waals surface area (Å²) in [5.74, 6) is 0.819. The minimum Gasteiger partial charge on any atom is -0.508 e. The van der Waals surface area contributed by atoms with Crippen LogP contribution in [-0.2, 0) is 25.0 Å². The van der Waals surface area contributed by atoms with E-state index in [-0.39, 0.29) is 11.4 Å². The van der Waals surface area contributed by atoms with Gasteiger partial charge in [0.1, 0.15) is 28.6 Å². The summed E-state index contributed by atoms with van der Waals surface area (Å²) in [5, 5.41) is 35.0. The van der Waals surface area contributed by atoms with E-state index in [0.717, 1.165) is 39.8 Å². The van der Waals surface area contributed by atoms with E-state index in [1.54, 1.807) is 26.0 Å². The number of nitrogens with one attached hydrogen (secondary N) is 1. The van der Waals surface area contributed by atoms with Crippen molar-refractivity contribution in [1.82, 2.24) is 30.2 Å². The highest BCUT2D eigenvalue weighted by Gasteiger charge is 2.30. The summed E-state index contributed by atoms with van der Waals surface area (Å²) < 4.78 is 1.82. The van der Waals surface area contributed by atoms with Crippen molar-refractivity contribution in [2.45, 2.75) is 52.2 Å². The van der Waals surface area contributed by atoms with Crippen molar-refractivity contribution in [2.24, 2.45) is 5.73 Å². The van der Waals surface area contributed by atoms with Gasteiger partial charge in [-0.1, -0.05) is 61.5 Å². The number of aromatic amines is 1. The molecule has 10 heteroatoms. The maximum Gasteiger partial charge on any atom is 0.267 e. The zero-order chi connectivity index (χ0) is 29.1. The molecule has 5 N–H and O–H groups in total. The van der Waals surface area contributed by atoms with Crippen LogP contribution in [0, 0.1) is 0 Å². The number of aromatic nitrogens is 6. The predicted molar refractivity (Wildman–Crippen MR) is 155 cm³/mol. The van der Waals surface area contributed by atoms with Gasteiger partial charge in [-0.25, -0.2) is 4.98 Å². The number of benzene rings is 3. The summed E-state index contributed by atoms with van der Waals surface area (Å²) in [6.07, 6.45) is 2.17. The molecule has 0 saturated carbocycles. The number of phenols is 1. The molecule has 0 aliphatic heterocycles. The van der Waals surface area contributed by atoms with E-state index in [4.69, 9.17) is 5.73 Å². The molecule has 0 fully saturated rings. The lowest BCUT2D eigenvalue weighted by Gasteiger charge is -2.17. The van der Waals surface area contributed by atoms with Crippen LogP contribution in [0.25, 0.3) is 22.5 Å². The van der Waals surface area contributed by atoms with E-state index in [1.807, 2.05) is 60.0 Å². The molecule has 0 aliphatic rings. The maximum absolute atomic E-state index is 12.5. The Morgan fingerprint density at radius 2 is 1.66 bits per heavy atom. The van der Waals surface area contributed by atoms with Crippen molar-refractivity contribution < 1.29 is 15.0 Å². The molecule has 5 rings (SSSR count). The largest absolute Gasteiger partial charge is 0.508 e. The summed E-state index contributed by atoms with van der Waals surface area (Å²) >= 11 is 0. The Morgan fingerprint density at radius 3 is 2.27 bits per heavy atom. The highest BCUT2D eigenvalue weighted by atomic mass is 16.3. The second-order valence-electron chi connectivity index (χ2n) is 10.6. The third kappa shape index (κ3) is 6.02. The molecule has 0 aliphatic carbocycles. The lowest BCUT2D eigenvalue weighted by Crippen LogP contribution is -2.25. The van der Waals surface area contributed by atoms with Crippen LogP contribution in [0.1, 0.15) is 65.9 Å². The number of rotatable bonds is 10. The topological polar surface area (TPSA) is 156 Å². The molecule has 0 spiro atoms. The number of nitrogens with two attached hydrogens (primary N) is 1. The zero-order valence-corrected chi connectivity index (χ0v) is 23.3. The van der Waals surface area contributed by atoms with E-state index in [0.29, 0.717) is 36.7 Å². The first-order valence-electron chi connectivity index (χ1n) is 13.5. The fourth-order valence-electron chi connectivity index (χ4n) is 4.99. The van der Waals surface area contributed by atoms with E-state index >= 15 is 0 Å². The average Bonchev–Trinajstić information content (AvgIpc) is 3.60. The minimum atomic E-state index is -1.31. The molecule has 2 heterocycles. The van der Waals surface area contributed by atoms with Crippen molar-refractivity contribution in [3.8, 4) is 28.3 Å². The number of hydrogen-bond donors (Lipinski definition) is 4. The van der Waals surface area contributed by atoms with Crippen molar-refractivity contribution in [1.29, 1.82) is 0 Å². The number of hydrogen-bond acceptors (Lipinski definition) is 7. The van der Waals surface area contributed by atoms with Gasteiger partial charge in [0.25, 0.3) is 5.91 Å². The van der Waals surface area contributed by atoms with Gasteiger partial charge in [-0.05, 0) is 71.9 Å². The average molecular weight is 552 g/mol. The molecular weight excluding hydrogens is 518 g/mol. The van der Waals surface area contributed by atoms with Crippen LogP contribution in [0.5, 0.6) is 5.75 Å². The molecule has 1 amide bonds. The molecule has 210 valence electrons.